The number of aliphatic hydroxyl groups is 1. The van der Waals surface area contributed by atoms with Crippen molar-refractivity contribution in [2.24, 2.45) is 28.7 Å². The van der Waals surface area contributed by atoms with Crippen LogP contribution >= 0.6 is 0 Å². The molecule has 3 saturated heterocycles. The van der Waals surface area contributed by atoms with E-state index in [1.54, 1.807) is 26.0 Å². The highest BCUT2D eigenvalue weighted by Crippen LogP contribution is 2.45. The number of likely N-dealkylation sites (N-methyl/N-ethyl adjacent to an activating group) is 1. The third-order valence-corrected chi connectivity index (χ3v) is 13.3. The summed E-state index contributed by atoms with van der Waals surface area (Å²) in [6, 6.07) is 9.17. The predicted molar refractivity (Wildman–Crippen MR) is 221 cm³/mol. The third-order valence-electron chi connectivity index (χ3n) is 13.3. The van der Waals surface area contributed by atoms with Crippen LogP contribution in [-0.2, 0) is 39.8 Å². The Hall–Kier alpha value is -3.73. The summed E-state index contributed by atoms with van der Waals surface area (Å²) in [6.45, 7) is 16.3. The zero-order valence-electron chi connectivity index (χ0n) is 36.7. The summed E-state index contributed by atoms with van der Waals surface area (Å²) in [7, 11) is 5.39. The number of imidazole rings is 1. The molecule has 13 atom stereocenters. The highest BCUT2D eigenvalue weighted by molar-refractivity contribution is 6.00. The lowest BCUT2D eigenvalue weighted by molar-refractivity contribution is -0.295. The van der Waals surface area contributed by atoms with E-state index in [1.165, 1.54) is 0 Å². The van der Waals surface area contributed by atoms with Gasteiger partial charge >= 0.3 is 12.1 Å². The number of amides is 1. The van der Waals surface area contributed by atoms with E-state index >= 15 is 0 Å². The summed E-state index contributed by atoms with van der Waals surface area (Å²) in [5.41, 5.74) is 0.361. The van der Waals surface area contributed by atoms with Crippen LogP contribution in [0.25, 0.3) is 11.3 Å². The Bertz CT molecular complexity index is 1820. The van der Waals surface area contributed by atoms with Gasteiger partial charge in [0.2, 0.25) is 0 Å². The number of hydrogen-bond donors (Lipinski definition) is 1. The first-order valence-corrected chi connectivity index (χ1v) is 21.3. The van der Waals surface area contributed by atoms with Crippen molar-refractivity contribution in [1.82, 2.24) is 24.5 Å². The normalized spacial score (nSPS) is 37.4. The maximum Gasteiger partial charge on any atom is 0.425 e. The number of nitrogens with zero attached hydrogens (tertiary/aromatic N) is 6. The Morgan fingerprint density at radius 2 is 1.73 bits per heavy atom. The molecule has 0 aliphatic carbocycles. The number of hydrazine groups is 1. The maximum absolute atomic E-state index is 14.4. The van der Waals surface area contributed by atoms with Crippen molar-refractivity contribution in [3.63, 3.8) is 0 Å². The summed E-state index contributed by atoms with van der Waals surface area (Å²) >= 11 is 0. The number of aliphatic imine (C=N–C) groups is 1. The molecule has 3 fully saturated rings. The SMILES string of the molecule is CC[C@@H]1OC(=O)C(C)C(=O)[C@H](C)[C@@H](O[C@@H]2O[C@H](C)C[C@H](N(C)C)[C@H]2O)[C@@](C)(OC)C[C@@H](C)C2=NCN(CCCn3cnc(-c4ccccc4)c3)N3C(=O)O[C@@]1(C)[C@H]3[C@@H]2C. The van der Waals surface area contributed by atoms with Gasteiger partial charge in [-0.2, -0.15) is 5.01 Å². The second kappa shape index (κ2) is 18.1. The molecule has 1 aromatic carbocycles. The molecule has 59 heavy (non-hydrogen) atoms. The molecule has 1 amide bonds. The van der Waals surface area contributed by atoms with E-state index < -0.39 is 71.5 Å². The van der Waals surface area contributed by atoms with Gasteiger partial charge in [0.25, 0.3) is 0 Å². The van der Waals surface area contributed by atoms with Crippen LogP contribution in [0.1, 0.15) is 81.1 Å². The summed E-state index contributed by atoms with van der Waals surface area (Å²) in [5.74, 6) is -3.75. The van der Waals surface area contributed by atoms with Crippen LogP contribution in [0.3, 0.4) is 0 Å². The molecule has 1 aromatic heterocycles. The molecule has 326 valence electrons. The Morgan fingerprint density at radius 1 is 1.02 bits per heavy atom. The fourth-order valence-corrected chi connectivity index (χ4v) is 10.0. The van der Waals surface area contributed by atoms with Crippen LogP contribution in [0.15, 0.2) is 47.8 Å². The number of methoxy groups -OCH3 is 1. The molecule has 15 nitrogen and oxygen atoms in total. The number of esters is 1. The molecule has 6 rings (SSSR count). The van der Waals surface area contributed by atoms with E-state index in [1.807, 2.05) is 99.1 Å². The Kier molecular flexibility index (Phi) is 13.7. The maximum atomic E-state index is 14.4. The van der Waals surface area contributed by atoms with Gasteiger partial charge in [-0.05, 0) is 73.4 Å². The number of rotatable bonds is 10. The molecule has 0 saturated carbocycles. The van der Waals surface area contributed by atoms with Crippen molar-refractivity contribution in [1.29, 1.82) is 0 Å². The number of fused-ring (bicyclic) bond motifs is 1. The van der Waals surface area contributed by atoms with Crippen molar-refractivity contribution in [3.8, 4) is 11.3 Å². The van der Waals surface area contributed by atoms with Gasteiger partial charge in [0.15, 0.2) is 17.7 Å². The minimum Gasteiger partial charge on any atom is -0.458 e. The monoisotopic (exact) mass is 822 g/mol. The molecule has 1 N–H and O–H groups in total. The van der Waals surface area contributed by atoms with Crippen molar-refractivity contribution in [3.05, 3.63) is 42.9 Å². The van der Waals surface area contributed by atoms with Gasteiger partial charge in [0, 0.05) is 55.5 Å². The molecular weight excluding hydrogens is 757 g/mol. The molecule has 5 heterocycles. The van der Waals surface area contributed by atoms with Crippen LogP contribution in [0.4, 0.5) is 4.79 Å². The number of ketones is 1. The zero-order chi connectivity index (χ0) is 43.0. The van der Waals surface area contributed by atoms with E-state index in [0.717, 1.165) is 17.0 Å². The number of aromatic nitrogens is 2. The topological polar surface area (TPSA) is 157 Å². The van der Waals surface area contributed by atoms with Gasteiger partial charge in [-0.3, -0.25) is 14.6 Å². The lowest BCUT2D eigenvalue weighted by Gasteiger charge is -2.47. The summed E-state index contributed by atoms with van der Waals surface area (Å²) in [4.78, 5) is 54.4. The fraction of sp³-hybridized carbons (Fsp3) is 0.705. The molecule has 4 aliphatic rings. The molecule has 0 spiro atoms. The number of aryl methyl sites for hydroxylation is 1. The molecule has 2 bridgehead atoms. The van der Waals surface area contributed by atoms with E-state index in [0.29, 0.717) is 38.8 Å². The summed E-state index contributed by atoms with van der Waals surface area (Å²) < 4.78 is 33.9. The first kappa shape index (κ1) is 44.8. The smallest absolute Gasteiger partial charge is 0.425 e. The third kappa shape index (κ3) is 8.87. The second-order valence-corrected chi connectivity index (χ2v) is 17.8. The number of benzene rings is 1. The number of cyclic esters (lactones) is 1. The number of aliphatic hydroxyl groups excluding tert-OH is 1. The Labute approximate surface area is 349 Å². The molecule has 0 radical (unpaired) electrons. The minimum atomic E-state index is -1.28. The lowest BCUT2D eigenvalue weighted by Crippen LogP contribution is -2.61. The molecule has 2 aromatic rings. The van der Waals surface area contributed by atoms with Gasteiger partial charge in [-0.25, -0.2) is 14.8 Å². The number of carbonyl (C=O) groups excluding carboxylic acids is 3. The van der Waals surface area contributed by atoms with Crippen molar-refractivity contribution in [2.45, 2.75) is 142 Å². The summed E-state index contributed by atoms with van der Waals surface area (Å²) in [6.07, 6.45) is 1.18. The van der Waals surface area contributed by atoms with Gasteiger partial charge in [0.1, 0.15) is 30.8 Å². The number of carbonyl (C=O) groups is 3. The van der Waals surface area contributed by atoms with Crippen LogP contribution in [0.5, 0.6) is 0 Å². The van der Waals surface area contributed by atoms with Crippen molar-refractivity contribution in [2.75, 3.05) is 34.4 Å². The van der Waals surface area contributed by atoms with Crippen molar-refractivity contribution >= 4 is 23.6 Å². The van der Waals surface area contributed by atoms with E-state index in [2.05, 4.69) is 18.8 Å². The van der Waals surface area contributed by atoms with Gasteiger partial charge < -0.3 is 38.3 Å². The number of hydrogen-bond acceptors (Lipinski definition) is 13. The molecule has 4 aliphatic heterocycles. The van der Waals surface area contributed by atoms with Crippen LogP contribution in [0.2, 0.25) is 0 Å². The number of ether oxygens (including phenoxy) is 5. The highest BCUT2D eigenvalue weighted by Gasteiger charge is 2.62. The predicted octanol–water partition coefficient (Wildman–Crippen LogP) is 5.20. The quantitative estimate of drug-likeness (QED) is 0.247. The zero-order valence-corrected chi connectivity index (χ0v) is 36.7. The van der Waals surface area contributed by atoms with Gasteiger partial charge in [-0.1, -0.05) is 58.0 Å². The Morgan fingerprint density at radius 3 is 2.39 bits per heavy atom. The molecular formula is C44H66N6O9. The van der Waals surface area contributed by atoms with Crippen molar-refractivity contribution < 1.29 is 43.2 Å². The van der Waals surface area contributed by atoms with Gasteiger partial charge in [-0.15, -0.1) is 0 Å². The Balaban J connectivity index is 1.35. The van der Waals surface area contributed by atoms with E-state index in [4.69, 9.17) is 28.7 Å². The van der Waals surface area contributed by atoms with Crippen LogP contribution < -0.4 is 0 Å². The average Bonchev–Trinajstić information content (AvgIpc) is 3.75. The standard InChI is InChI=1S/C44H66N6O9/c1-12-34-44(8)38-28(4)35(46-25-49(50(38)42(54)59-44)20-16-19-48-23-32(45-24-48)31-17-14-13-15-18-31)26(2)22-43(7,55-11)39(29(5)36(51)30(6)40(53)57-34)58-41-37(52)33(47(9)10)21-27(3)56-41/h13-15,17-18,23-24,26-30,33-34,37-39,41,52H,12,16,19-22,25H2,1-11H3/t26-,27-,28-,29+,30?,33+,34+,37-,38-,39-,41+,43+,44-/m1/s1. The fourth-order valence-electron chi connectivity index (χ4n) is 10.0. The lowest BCUT2D eigenvalue weighted by atomic mass is 9.73. The average molecular weight is 823 g/mol. The highest BCUT2D eigenvalue weighted by atomic mass is 16.7. The van der Waals surface area contributed by atoms with E-state index in [9.17, 15) is 19.5 Å². The molecule has 1 unspecified atom stereocenters. The first-order valence-electron chi connectivity index (χ1n) is 21.3. The van der Waals surface area contributed by atoms with Crippen LogP contribution in [0, 0.1) is 23.7 Å². The molecule has 15 heteroatoms. The summed E-state index contributed by atoms with van der Waals surface area (Å²) in [5, 5.41) is 15.2. The first-order chi connectivity index (χ1) is 27.9. The number of Topliss-reactive ketones (excluding diaryl/α,β-unsaturated/α-hetero) is 1. The van der Waals surface area contributed by atoms with E-state index in [-0.39, 0.29) is 30.7 Å². The van der Waals surface area contributed by atoms with Crippen LogP contribution in [-0.4, -0.2) is 142 Å². The minimum absolute atomic E-state index is 0.197. The van der Waals surface area contributed by atoms with Gasteiger partial charge in [0.05, 0.1) is 29.8 Å². The second-order valence-electron chi connectivity index (χ2n) is 17.8. The largest absolute Gasteiger partial charge is 0.458 e.